The number of carbonyl (C=O) groups is 1. The summed E-state index contributed by atoms with van der Waals surface area (Å²) >= 11 is 1.39. The van der Waals surface area contributed by atoms with Crippen LogP contribution in [0, 0.1) is 24.2 Å². The maximum atomic E-state index is 12.2. The van der Waals surface area contributed by atoms with Gasteiger partial charge in [0.15, 0.2) is 0 Å². The van der Waals surface area contributed by atoms with Gasteiger partial charge in [0.25, 0.3) is 5.91 Å². The summed E-state index contributed by atoms with van der Waals surface area (Å²) in [5.74, 6) is 5.49. The molecule has 20 heavy (non-hydrogen) atoms. The first-order valence-electron chi connectivity index (χ1n) is 7.02. The molecule has 0 bridgehead atoms. The molecule has 3 nitrogen and oxygen atoms in total. The predicted molar refractivity (Wildman–Crippen MR) is 81.9 cm³/mol. The van der Waals surface area contributed by atoms with Gasteiger partial charge in [-0.2, -0.15) is 0 Å². The van der Waals surface area contributed by atoms with Gasteiger partial charge in [-0.15, -0.1) is 11.3 Å². The fourth-order valence-corrected chi connectivity index (χ4v) is 3.59. The van der Waals surface area contributed by atoms with Gasteiger partial charge in [0.05, 0.1) is 9.75 Å². The van der Waals surface area contributed by atoms with Gasteiger partial charge in [-0.25, -0.2) is 0 Å². The van der Waals surface area contributed by atoms with E-state index in [9.17, 15) is 4.79 Å². The highest BCUT2D eigenvalue weighted by Gasteiger charge is 2.29. The van der Waals surface area contributed by atoms with Crippen LogP contribution in [0.15, 0.2) is 6.07 Å². The second kappa shape index (κ2) is 6.43. The van der Waals surface area contributed by atoms with E-state index >= 15 is 0 Å². The first kappa shape index (κ1) is 15.1. The van der Waals surface area contributed by atoms with Crippen molar-refractivity contribution in [1.29, 1.82) is 0 Å². The topological polar surface area (TPSA) is 49.3 Å². The Bertz CT molecular complexity index is 545. The lowest BCUT2D eigenvalue weighted by Crippen LogP contribution is -2.33. The minimum Gasteiger partial charge on any atom is -0.384 e. The summed E-state index contributed by atoms with van der Waals surface area (Å²) in [6.07, 6.45) is 4.94. The van der Waals surface area contributed by atoms with Crippen molar-refractivity contribution < 1.29 is 9.90 Å². The van der Waals surface area contributed by atoms with Crippen LogP contribution in [0.4, 0.5) is 0 Å². The smallest absolute Gasteiger partial charge is 0.261 e. The number of rotatable bonds is 3. The van der Waals surface area contributed by atoms with E-state index in [-0.39, 0.29) is 17.9 Å². The van der Waals surface area contributed by atoms with E-state index in [4.69, 9.17) is 5.11 Å². The highest BCUT2D eigenvalue weighted by Crippen LogP contribution is 2.36. The van der Waals surface area contributed by atoms with Gasteiger partial charge in [-0.05, 0) is 36.8 Å². The number of carbonyl (C=O) groups excluding carboxylic acids is 1. The average molecular weight is 291 g/mol. The van der Waals surface area contributed by atoms with Crippen LogP contribution >= 0.6 is 11.3 Å². The molecular weight excluding hydrogens is 270 g/mol. The monoisotopic (exact) mass is 291 g/mol. The normalized spacial score (nSPS) is 16.6. The molecular formula is C16H21NO2S. The van der Waals surface area contributed by atoms with Crippen LogP contribution in [-0.2, 0) is 0 Å². The van der Waals surface area contributed by atoms with E-state index < -0.39 is 0 Å². The highest BCUT2D eigenvalue weighted by molar-refractivity contribution is 7.14. The molecule has 0 unspecified atom stereocenters. The number of amides is 1. The SMILES string of the molecule is Cc1cc(C(=O)NCC2(C)CCCC2)sc1C#CCO. The quantitative estimate of drug-likeness (QED) is 0.841. The van der Waals surface area contributed by atoms with Crippen molar-refractivity contribution in [2.24, 2.45) is 5.41 Å². The molecule has 2 rings (SSSR count). The van der Waals surface area contributed by atoms with Crippen molar-refractivity contribution in [3.8, 4) is 11.8 Å². The van der Waals surface area contributed by atoms with E-state index in [1.165, 1.54) is 37.0 Å². The predicted octanol–water partition coefficient (Wildman–Crippen LogP) is 2.71. The lowest BCUT2D eigenvalue weighted by molar-refractivity contribution is 0.0938. The minimum absolute atomic E-state index is 0.0109. The van der Waals surface area contributed by atoms with Crippen LogP contribution in [0.3, 0.4) is 0 Å². The number of aliphatic hydroxyl groups excluding tert-OH is 1. The third kappa shape index (κ3) is 3.62. The molecule has 1 amide bonds. The zero-order chi connectivity index (χ0) is 14.6. The van der Waals surface area contributed by atoms with E-state index in [0.29, 0.717) is 4.88 Å². The van der Waals surface area contributed by atoms with Gasteiger partial charge in [-0.1, -0.05) is 31.6 Å². The first-order valence-corrected chi connectivity index (χ1v) is 7.84. The molecule has 0 atom stereocenters. The van der Waals surface area contributed by atoms with Crippen molar-refractivity contribution in [2.45, 2.75) is 39.5 Å². The number of hydrogen-bond acceptors (Lipinski definition) is 3. The van der Waals surface area contributed by atoms with Gasteiger partial charge >= 0.3 is 0 Å². The largest absolute Gasteiger partial charge is 0.384 e. The van der Waals surface area contributed by atoms with E-state index in [1.807, 2.05) is 13.0 Å². The Morgan fingerprint density at radius 2 is 2.20 bits per heavy atom. The summed E-state index contributed by atoms with van der Waals surface area (Å²) in [5, 5.41) is 11.8. The first-order chi connectivity index (χ1) is 9.54. The molecule has 1 heterocycles. The minimum atomic E-state index is -0.156. The van der Waals surface area contributed by atoms with Crippen LogP contribution in [0.25, 0.3) is 0 Å². The van der Waals surface area contributed by atoms with Gasteiger partial charge in [-0.3, -0.25) is 4.79 Å². The molecule has 1 aliphatic rings. The van der Waals surface area contributed by atoms with Gasteiger partial charge in [0.2, 0.25) is 0 Å². The molecule has 4 heteroatoms. The molecule has 1 aliphatic carbocycles. The van der Waals surface area contributed by atoms with Crippen LogP contribution in [-0.4, -0.2) is 24.2 Å². The Labute approximate surface area is 124 Å². The van der Waals surface area contributed by atoms with Gasteiger partial charge < -0.3 is 10.4 Å². The molecule has 1 saturated carbocycles. The molecule has 0 aromatic carbocycles. The van der Waals surface area contributed by atoms with Gasteiger partial charge in [0.1, 0.15) is 6.61 Å². The van der Waals surface area contributed by atoms with Gasteiger partial charge in [0, 0.05) is 6.54 Å². The van der Waals surface area contributed by atoms with Crippen molar-refractivity contribution in [2.75, 3.05) is 13.2 Å². The third-order valence-electron chi connectivity index (χ3n) is 3.91. The molecule has 0 spiro atoms. The van der Waals surface area contributed by atoms with Crippen molar-refractivity contribution >= 4 is 17.2 Å². The highest BCUT2D eigenvalue weighted by atomic mass is 32.1. The maximum absolute atomic E-state index is 12.2. The number of aliphatic hydroxyl groups is 1. The maximum Gasteiger partial charge on any atom is 0.261 e. The zero-order valence-electron chi connectivity index (χ0n) is 12.1. The molecule has 2 N–H and O–H groups in total. The molecule has 108 valence electrons. The standard InChI is InChI=1S/C16H21NO2S/c1-12-10-14(20-13(12)6-5-9-18)15(19)17-11-16(2)7-3-4-8-16/h10,18H,3-4,7-9,11H2,1-2H3,(H,17,19). The lowest BCUT2D eigenvalue weighted by Gasteiger charge is -2.23. The Morgan fingerprint density at radius 3 is 2.85 bits per heavy atom. The van der Waals surface area contributed by atoms with E-state index in [0.717, 1.165) is 17.0 Å². The number of thiophene rings is 1. The number of hydrogen-bond donors (Lipinski definition) is 2. The van der Waals surface area contributed by atoms with Crippen LogP contribution in [0.1, 0.15) is 52.7 Å². The summed E-state index contributed by atoms with van der Waals surface area (Å²) in [7, 11) is 0. The summed E-state index contributed by atoms with van der Waals surface area (Å²) in [6.45, 7) is 4.78. The second-order valence-corrected chi connectivity index (χ2v) is 6.84. The zero-order valence-corrected chi connectivity index (χ0v) is 12.9. The Hall–Kier alpha value is -1.31. The van der Waals surface area contributed by atoms with Crippen LogP contribution in [0.5, 0.6) is 0 Å². The fraction of sp³-hybridized carbons (Fsp3) is 0.562. The molecule has 0 saturated heterocycles. The van der Waals surface area contributed by atoms with Crippen LogP contribution in [0.2, 0.25) is 0 Å². The van der Waals surface area contributed by atoms with Crippen molar-refractivity contribution in [3.63, 3.8) is 0 Å². The molecule has 1 fully saturated rings. The molecule has 1 aromatic heterocycles. The van der Waals surface area contributed by atoms with Crippen molar-refractivity contribution in [3.05, 3.63) is 21.4 Å². The summed E-state index contributed by atoms with van der Waals surface area (Å²) < 4.78 is 0. The molecule has 0 aliphatic heterocycles. The Kier molecular flexibility index (Phi) is 4.85. The third-order valence-corrected chi connectivity index (χ3v) is 5.06. The van der Waals surface area contributed by atoms with Crippen LogP contribution < -0.4 is 5.32 Å². The number of nitrogens with one attached hydrogen (secondary N) is 1. The Balaban J connectivity index is 1.99. The molecule has 1 aromatic rings. The Morgan fingerprint density at radius 1 is 1.50 bits per heavy atom. The van der Waals surface area contributed by atoms with E-state index in [2.05, 4.69) is 24.1 Å². The summed E-state index contributed by atoms with van der Waals surface area (Å²) in [4.78, 5) is 13.7. The summed E-state index contributed by atoms with van der Waals surface area (Å²) in [5.41, 5.74) is 1.26. The van der Waals surface area contributed by atoms with Crippen molar-refractivity contribution in [1.82, 2.24) is 5.32 Å². The second-order valence-electron chi connectivity index (χ2n) is 5.78. The lowest BCUT2D eigenvalue weighted by atomic mass is 9.89. The average Bonchev–Trinajstić information content (AvgIpc) is 3.01. The summed E-state index contributed by atoms with van der Waals surface area (Å²) in [6, 6.07) is 1.87. The van der Waals surface area contributed by atoms with E-state index in [1.54, 1.807) is 0 Å². The number of aryl methyl sites for hydroxylation is 1. The fourth-order valence-electron chi connectivity index (χ4n) is 2.62. The molecule has 0 radical (unpaired) electrons.